The van der Waals surface area contributed by atoms with Gasteiger partial charge in [0.2, 0.25) is 0 Å². The number of hydrogen-bond acceptors (Lipinski definition) is 6. The minimum absolute atomic E-state index is 0.250. The van der Waals surface area contributed by atoms with Crippen molar-refractivity contribution in [1.29, 1.82) is 0 Å². The molecule has 4 aromatic carbocycles. The maximum absolute atomic E-state index is 6.03. The molecule has 0 radical (unpaired) electrons. The van der Waals surface area contributed by atoms with Gasteiger partial charge in [-0.3, -0.25) is 0 Å². The molecule has 0 N–H and O–H groups in total. The molecule has 0 fully saturated rings. The molecule has 0 bridgehead atoms. The molecular weight excluding hydrogens is 1320 g/mol. The van der Waals surface area contributed by atoms with Crippen LogP contribution in [0.15, 0.2) is 92.4 Å². The minimum Gasteiger partial charge on any atom is -0.776 e. The molecule has 410 valence electrons. The Morgan fingerprint density at radius 1 is 0.417 bits per heavy atom. The van der Waals surface area contributed by atoms with Crippen molar-refractivity contribution in [2.75, 3.05) is 0 Å². The van der Waals surface area contributed by atoms with Crippen LogP contribution in [-0.2, 0) is 66.5 Å². The van der Waals surface area contributed by atoms with E-state index in [0.717, 1.165) is 48.0 Å². The smallest absolute Gasteiger partial charge is 0.141 e. The Hall–Kier alpha value is -0.726. The van der Waals surface area contributed by atoms with Gasteiger partial charge < -0.3 is 62.4 Å². The average Bonchev–Trinajstić information content (AvgIpc) is 3.13. The maximum atomic E-state index is 6.03. The maximum Gasteiger partial charge on any atom is 0.141 e. The summed E-state index contributed by atoms with van der Waals surface area (Å²) in [6.45, 7) is 71.1. The van der Waals surface area contributed by atoms with Crippen molar-refractivity contribution in [3.05, 3.63) is 112 Å². The molecule has 0 aliphatic heterocycles. The molecule has 0 saturated heterocycles. The van der Waals surface area contributed by atoms with Crippen LogP contribution in [0, 0.1) is 74.0 Å². The molecule has 0 amide bonds. The predicted molar refractivity (Wildman–Crippen MR) is 337 cm³/mol. The zero-order valence-corrected chi connectivity index (χ0v) is 62.2. The van der Waals surface area contributed by atoms with Crippen LogP contribution in [0.25, 0.3) is 0 Å². The van der Waals surface area contributed by atoms with Crippen LogP contribution >= 0.6 is 25.3 Å². The van der Waals surface area contributed by atoms with Crippen LogP contribution in [0.4, 0.5) is 0 Å². The number of rotatable bonds is 6. The zero-order valence-electron chi connectivity index (χ0n) is 50.3. The zero-order chi connectivity index (χ0) is 58.2. The Labute approximate surface area is 495 Å². The normalized spacial score (nSPS) is 11.5. The van der Waals surface area contributed by atoms with Crippen LogP contribution in [0.3, 0.4) is 0 Å². The molecule has 0 unspecified atom stereocenters. The summed E-state index contributed by atoms with van der Waals surface area (Å²) >= 11 is 23.0. The number of aryl methyl sites for hydroxylation is 2. The Morgan fingerprint density at radius 2 is 0.653 bits per heavy atom. The van der Waals surface area contributed by atoms with Crippen LogP contribution in [0.5, 0.6) is 23.0 Å². The summed E-state index contributed by atoms with van der Waals surface area (Å²) in [6.07, 6.45) is 0. The SMILES string of the molecule is CC(C)(C)[CH]=[Ta].CC(C)(C)[CH]=[Ta].Cc1cccc(Oc2cccc([Si](C)(C)C)c2S)c1S.Cc1cccc(Oc2cccc([Si](C)(C)C)c2[S-])c1[S-].[CH2-]C(C)(C)C.[CH2-]C(C)(C)C.[CH2-]C(C)(C)C.[CH2-]C(C)(C)C. The summed E-state index contributed by atoms with van der Waals surface area (Å²) in [5.74, 6) is 3.01. The molecule has 0 spiro atoms. The van der Waals surface area contributed by atoms with E-state index in [1.165, 1.54) is 51.6 Å². The Bertz CT molecular complexity index is 1960. The van der Waals surface area contributed by atoms with Gasteiger partial charge in [0, 0.05) is 9.79 Å². The van der Waals surface area contributed by atoms with Crippen molar-refractivity contribution in [1.82, 2.24) is 0 Å². The molecular formula is C62H102O2S4Si2Ta2-6. The summed E-state index contributed by atoms with van der Waals surface area (Å²) in [7, 11) is -2.89. The van der Waals surface area contributed by atoms with E-state index in [4.69, 9.17) is 34.7 Å². The van der Waals surface area contributed by atoms with Crippen molar-refractivity contribution in [3.8, 4) is 23.0 Å². The van der Waals surface area contributed by atoms with Crippen molar-refractivity contribution < 1.29 is 50.7 Å². The quantitative estimate of drug-likeness (QED) is 0.0867. The molecule has 10 heteroatoms. The molecule has 2 nitrogen and oxygen atoms in total. The van der Waals surface area contributed by atoms with Crippen LogP contribution < -0.4 is 19.8 Å². The molecule has 0 aliphatic carbocycles. The first kappa shape index (κ1) is 77.8. The van der Waals surface area contributed by atoms with Crippen LogP contribution in [0.2, 0.25) is 39.3 Å². The third kappa shape index (κ3) is 48.9. The fraction of sp³-hybridized carbons (Fsp3) is 0.516. The minimum atomic E-state index is -1.46. The average molecular weight is 1430 g/mol. The van der Waals surface area contributed by atoms with Gasteiger partial charge in [0.05, 0.1) is 16.1 Å². The van der Waals surface area contributed by atoms with Crippen molar-refractivity contribution >= 4 is 85.5 Å². The summed E-state index contributed by atoms with van der Waals surface area (Å²) in [5, 5.41) is 2.57. The monoisotopic (exact) mass is 1420 g/mol. The second-order valence-corrected chi connectivity index (χ2v) is 40.7. The van der Waals surface area contributed by atoms with Gasteiger partial charge in [-0.1, -0.05) is 182 Å². The van der Waals surface area contributed by atoms with Crippen molar-refractivity contribution in [3.63, 3.8) is 0 Å². The molecule has 0 atom stereocenters. The molecule has 0 aliphatic rings. The van der Waals surface area contributed by atoms with Gasteiger partial charge in [0.15, 0.2) is 0 Å². The van der Waals surface area contributed by atoms with Crippen LogP contribution in [0.1, 0.15) is 136 Å². The third-order valence-electron chi connectivity index (χ3n) is 7.18. The van der Waals surface area contributed by atoms with E-state index in [9.17, 15) is 0 Å². The summed E-state index contributed by atoms with van der Waals surface area (Å²) in [6, 6.07) is 24.0. The van der Waals surface area contributed by atoms with Crippen molar-refractivity contribution in [2.45, 2.75) is 197 Å². The Balaban J connectivity index is -0.000000407. The summed E-state index contributed by atoms with van der Waals surface area (Å²) in [4.78, 5) is 3.39. The van der Waals surface area contributed by atoms with E-state index >= 15 is 0 Å². The fourth-order valence-corrected chi connectivity index (χ4v) is 9.55. The van der Waals surface area contributed by atoms with Crippen LogP contribution in [-0.4, -0.2) is 24.6 Å². The molecule has 0 aromatic heterocycles. The fourth-order valence-electron chi connectivity index (χ4n) is 4.05. The van der Waals surface area contributed by atoms with E-state index in [1.54, 1.807) is 0 Å². The molecule has 72 heavy (non-hydrogen) atoms. The number of thiol groups is 2. The van der Waals surface area contributed by atoms with E-state index < -0.39 is 16.1 Å². The Kier molecular flexibility index (Phi) is 37.0. The third-order valence-corrected chi connectivity index (χ3v) is 19.2. The van der Waals surface area contributed by atoms with Gasteiger partial charge in [0.1, 0.15) is 23.0 Å². The topological polar surface area (TPSA) is 18.5 Å². The first-order valence-electron chi connectivity index (χ1n) is 24.7. The second kappa shape index (κ2) is 34.2. The van der Waals surface area contributed by atoms with E-state index in [1.807, 2.05) is 74.5 Å². The molecule has 0 saturated carbocycles. The Morgan fingerprint density at radius 3 is 0.958 bits per heavy atom. The van der Waals surface area contributed by atoms with Gasteiger partial charge >= 0.3 is 102 Å². The first-order valence-corrected chi connectivity index (χ1v) is 37.1. The largest absolute Gasteiger partial charge is 0.776 e. The summed E-state index contributed by atoms with van der Waals surface area (Å²) in [5.41, 5.74) is 4.08. The molecule has 0 heterocycles. The van der Waals surface area contributed by atoms with Gasteiger partial charge in [0.25, 0.3) is 0 Å². The first-order chi connectivity index (χ1) is 31.7. The molecule has 4 rings (SSSR count). The number of ether oxygens (including phenoxy) is 2. The predicted octanol–water partition coefficient (Wildman–Crippen LogP) is 19.3. The number of hydrogen-bond donors (Lipinski definition) is 2. The van der Waals surface area contributed by atoms with Gasteiger partial charge in [-0.2, -0.15) is 21.7 Å². The number of benzene rings is 4. The van der Waals surface area contributed by atoms with Gasteiger partial charge in [-0.25, -0.2) is 0 Å². The molecule has 4 aromatic rings. The van der Waals surface area contributed by atoms with E-state index in [-0.39, 0.29) is 21.7 Å². The van der Waals surface area contributed by atoms with Gasteiger partial charge in [-0.05, 0) is 48.9 Å². The summed E-state index contributed by atoms with van der Waals surface area (Å²) < 4.78 is 16.6. The van der Waals surface area contributed by atoms with Crippen molar-refractivity contribution in [2.24, 2.45) is 32.5 Å². The van der Waals surface area contributed by atoms with E-state index in [2.05, 4.69) is 237 Å². The van der Waals surface area contributed by atoms with E-state index in [0.29, 0.717) is 16.6 Å². The standard InChI is InChI=1S/2C16H20OS2Si.4C5H11.2C5H10.2Ta/c2*1-11-7-5-8-12(15(11)18)17-13-9-6-10-14(16(13)19)20(2,3)4;6*1-5(2,3)4;;/h2*5-10,18-19H,1-4H3;4*1H2,2-4H3;2*1H,2-4H3;;/q;;4*-1;;;;/p-2. The second-order valence-electron chi connectivity index (χ2n) is 27.0. The van der Waals surface area contributed by atoms with Gasteiger partial charge in [-0.15, -0.1) is 35.0 Å².